The van der Waals surface area contributed by atoms with Crippen LogP contribution in [0.25, 0.3) is 0 Å². The molecule has 1 nitrogen and oxygen atoms in total. The van der Waals surface area contributed by atoms with Crippen molar-refractivity contribution in [1.29, 1.82) is 0 Å². The molecule has 0 fully saturated rings. The topological polar surface area (TPSA) is 3.24 Å². The smallest absolute Gasteiger partial charge is 0.367 e. The Hall–Kier alpha value is -1.97. The Morgan fingerprint density at radius 2 is 1.59 bits per heavy atom. The van der Waals surface area contributed by atoms with Crippen LogP contribution in [0.4, 0.5) is 18.9 Å². The summed E-state index contributed by atoms with van der Waals surface area (Å²) in [6.07, 6.45) is -3.50. The number of anilines is 1. The number of fused-ring (bicyclic) bond motifs is 1. The monoisotopic (exact) mass is 305 g/mol. The van der Waals surface area contributed by atoms with Crippen molar-refractivity contribution >= 4 is 5.69 Å². The van der Waals surface area contributed by atoms with E-state index in [1.54, 1.807) is 6.07 Å². The molecule has 0 unspecified atom stereocenters. The van der Waals surface area contributed by atoms with E-state index in [-0.39, 0.29) is 0 Å². The van der Waals surface area contributed by atoms with E-state index >= 15 is 0 Å². The van der Waals surface area contributed by atoms with E-state index in [0.717, 1.165) is 29.8 Å². The van der Waals surface area contributed by atoms with E-state index in [4.69, 9.17) is 0 Å². The van der Waals surface area contributed by atoms with E-state index in [1.807, 2.05) is 13.8 Å². The molecule has 0 aromatic heterocycles. The Labute approximate surface area is 128 Å². The van der Waals surface area contributed by atoms with E-state index in [9.17, 15) is 13.2 Å². The summed E-state index contributed by atoms with van der Waals surface area (Å²) in [5.41, 5.74) is 4.66. The van der Waals surface area contributed by atoms with Crippen LogP contribution < -0.4 is 4.90 Å². The number of aryl methyl sites for hydroxylation is 2. The molecular weight excluding hydrogens is 287 g/mol. The standard InChI is InChI=1S/C18H18F3N/c1-12-7-13(2)9-17(8-12)22-6-5-14-3-4-16(18(19,20)21)10-15(14)11-22/h3-4,7-10H,5-6,11H2,1-2H3. The van der Waals surface area contributed by atoms with Gasteiger partial charge in [-0.15, -0.1) is 0 Å². The molecule has 0 radical (unpaired) electrons. The molecule has 0 saturated heterocycles. The maximum absolute atomic E-state index is 12.9. The van der Waals surface area contributed by atoms with Crippen LogP contribution >= 0.6 is 0 Å². The second-order valence-corrected chi connectivity index (χ2v) is 6.00. The van der Waals surface area contributed by atoms with E-state index in [1.165, 1.54) is 23.3 Å². The highest BCUT2D eigenvalue weighted by molar-refractivity contribution is 5.53. The SMILES string of the molecule is Cc1cc(C)cc(N2CCc3ccc(C(F)(F)F)cc3C2)c1. The third-order valence-corrected chi connectivity index (χ3v) is 4.12. The fourth-order valence-corrected chi connectivity index (χ4v) is 3.09. The van der Waals surface area contributed by atoms with E-state index in [2.05, 4.69) is 23.1 Å². The van der Waals surface area contributed by atoms with Gasteiger partial charge in [-0.25, -0.2) is 0 Å². The number of benzene rings is 2. The number of hydrogen-bond donors (Lipinski definition) is 0. The summed E-state index contributed by atoms with van der Waals surface area (Å²) in [5, 5.41) is 0. The van der Waals surface area contributed by atoms with Crippen molar-refractivity contribution in [2.45, 2.75) is 33.0 Å². The van der Waals surface area contributed by atoms with Crippen LogP contribution in [-0.4, -0.2) is 6.54 Å². The molecule has 116 valence electrons. The van der Waals surface area contributed by atoms with Crippen LogP contribution in [0.5, 0.6) is 0 Å². The summed E-state index contributed by atoms with van der Waals surface area (Å²) in [5.74, 6) is 0. The zero-order valence-electron chi connectivity index (χ0n) is 12.7. The zero-order chi connectivity index (χ0) is 15.9. The molecule has 2 aromatic carbocycles. The molecule has 1 aliphatic rings. The Kier molecular flexibility index (Phi) is 3.63. The number of rotatable bonds is 1. The van der Waals surface area contributed by atoms with E-state index in [0.29, 0.717) is 6.54 Å². The van der Waals surface area contributed by atoms with Gasteiger partial charge in [0.25, 0.3) is 0 Å². The molecule has 2 aromatic rings. The lowest BCUT2D eigenvalue weighted by Gasteiger charge is -2.31. The van der Waals surface area contributed by atoms with Crippen molar-refractivity contribution in [1.82, 2.24) is 0 Å². The van der Waals surface area contributed by atoms with Crippen molar-refractivity contribution in [3.63, 3.8) is 0 Å². The third kappa shape index (κ3) is 2.96. The fraction of sp³-hybridized carbons (Fsp3) is 0.333. The summed E-state index contributed by atoms with van der Waals surface area (Å²) in [4.78, 5) is 2.16. The van der Waals surface area contributed by atoms with Gasteiger partial charge in [0, 0.05) is 18.8 Å². The molecule has 0 N–H and O–H groups in total. The van der Waals surface area contributed by atoms with Crippen LogP contribution in [0.3, 0.4) is 0 Å². The average Bonchev–Trinajstić information content (AvgIpc) is 2.44. The molecule has 1 aliphatic heterocycles. The highest BCUT2D eigenvalue weighted by Gasteiger charge is 2.31. The molecule has 0 bridgehead atoms. The second-order valence-electron chi connectivity index (χ2n) is 6.00. The maximum atomic E-state index is 12.9. The summed E-state index contributed by atoms with van der Waals surface area (Å²) >= 11 is 0. The molecular formula is C18H18F3N. The molecule has 22 heavy (non-hydrogen) atoms. The lowest BCUT2D eigenvalue weighted by molar-refractivity contribution is -0.137. The zero-order valence-corrected chi connectivity index (χ0v) is 12.7. The number of nitrogens with zero attached hydrogens (tertiary/aromatic N) is 1. The summed E-state index contributed by atoms with van der Waals surface area (Å²) < 4.78 is 38.6. The minimum absolute atomic E-state index is 0.530. The molecule has 4 heteroatoms. The molecule has 1 heterocycles. The quantitative estimate of drug-likeness (QED) is 0.725. The predicted octanol–water partition coefficient (Wildman–Crippen LogP) is 4.88. The van der Waals surface area contributed by atoms with Crippen molar-refractivity contribution < 1.29 is 13.2 Å². The molecule has 0 spiro atoms. The fourth-order valence-electron chi connectivity index (χ4n) is 3.09. The van der Waals surface area contributed by atoms with Gasteiger partial charge in [0.05, 0.1) is 5.56 Å². The van der Waals surface area contributed by atoms with Gasteiger partial charge in [0.15, 0.2) is 0 Å². The van der Waals surface area contributed by atoms with Crippen molar-refractivity contribution in [3.8, 4) is 0 Å². The predicted molar refractivity (Wildman–Crippen MR) is 82.1 cm³/mol. The molecule has 0 saturated carbocycles. The number of halogens is 3. The Bertz CT molecular complexity index is 684. The highest BCUT2D eigenvalue weighted by Crippen LogP contribution is 2.33. The Morgan fingerprint density at radius 3 is 2.23 bits per heavy atom. The van der Waals surface area contributed by atoms with Crippen LogP contribution in [0.2, 0.25) is 0 Å². The minimum Gasteiger partial charge on any atom is -0.367 e. The first kappa shape index (κ1) is 14.9. The molecule has 0 atom stereocenters. The van der Waals surface area contributed by atoms with Gasteiger partial charge in [-0.2, -0.15) is 13.2 Å². The number of hydrogen-bond acceptors (Lipinski definition) is 1. The highest BCUT2D eigenvalue weighted by atomic mass is 19.4. The van der Waals surface area contributed by atoms with Gasteiger partial charge in [-0.1, -0.05) is 12.1 Å². The van der Waals surface area contributed by atoms with Crippen LogP contribution in [0, 0.1) is 13.8 Å². The average molecular weight is 305 g/mol. The van der Waals surface area contributed by atoms with Crippen molar-refractivity contribution in [2.75, 3.05) is 11.4 Å². The first-order valence-corrected chi connectivity index (χ1v) is 7.35. The van der Waals surface area contributed by atoms with Crippen molar-refractivity contribution in [3.05, 3.63) is 64.2 Å². The van der Waals surface area contributed by atoms with Gasteiger partial charge in [-0.3, -0.25) is 0 Å². The maximum Gasteiger partial charge on any atom is 0.416 e. The molecule has 3 rings (SSSR count). The van der Waals surface area contributed by atoms with Gasteiger partial charge in [0.2, 0.25) is 0 Å². The number of alkyl halides is 3. The normalized spacial score (nSPS) is 14.9. The van der Waals surface area contributed by atoms with Crippen molar-refractivity contribution in [2.24, 2.45) is 0 Å². The Morgan fingerprint density at radius 1 is 0.909 bits per heavy atom. The Balaban J connectivity index is 1.92. The lowest BCUT2D eigenvalue weighted by Crippen LogP contribution is -2.30. The van der Waals surface area contributed by atoms with Gasteiger partial charge >= 0.3 is 6.18 Å². The van der Waals surface area contributed by atoms with Gasteiger partial charge < -0.3 is 4.90 Å². The summed E-state index contributed by atoms with van der Waals surface area (Å²) in [6.45, 7) is 5.44. The van der Waals surface area contributed by atoms with Crippen LogP contribution in [0.1, 0.15) is 27.8 Å². The molecule has 0 aliphatic carbocycles. The van der Waals surface area contributed by atoms with E-state index < -0.39 is 11.7 Å². The molecule has 0 amide bonds. The lowest BCUT2D eigenvalue weighted by atomic mass is 9.96. The first-order chi connectivity index (χ1) is 10.3. The minimum atomic E-state index is -4.28. The third-order valence-electron chi connectivity index (χ3n) is 4.12. The summed E-state index contributed by atoms with van der Waals surface area (Å²) in [7, 11) is 0. The van der Waals surface area contributed by atoms with Gasteiger partial charge in [0.1, 0.15) is 0 Å². The second kappa shape index (κ2) is 5.34. The van der Waals surface area contributed by atoms with Gasteiger partial charge in [-0.05, 0) is 66.8 Å². The summed E-state index contributed by atoms with van der Waals surface area (Å²) in [6, 6.07) is 10.4. The van der Waals surface area contributed by atoms with Crippen LogP contribution in [-0.2, 0) is 19.1 Å². The largest absolute Gasteiger partial charge is 0.416 e. The first-order valence-electron chi connectivity index (χ1n) is 7.35. The van der Waals surface area contributed by atoms with Crippen LogP contribution in [0.15, 0.2) is 36.4 Å².